The summed E-state index contributed by atoms with van der Waals surface area (Å²) in [6, 6.07) is 11.1. The van der Waals surface area contributed by atoms with Gasteiger partial charge in [0.05, 0.1) is 5.56 Å². The van der Waals surface area contributed by atoms with Gasteiger partial charge in [0, 0.05) is 25.5 Å². The Morgan fingerprint density at radius 3 is 2.75 bits per heavy atom. The Morgan fingerprint density at radius 1 is 1.25 bits per heavy atom. The molecule has 0 bridgehead atoms. The number of carboxylic acid groups (broad SMARTS) is 1. The number of carboxylic acids is 1. The highest BCUT2D eigenvalue weighted by Crippen LogP contribution is 2.10. The summed E-state index contributed by atoms with van der Waals surface area (Å²) in [6.07, 6.45) is 4.33. The van der Waals surface area contributed by atoms with Crippen molar-refractivity contribution in [3.8, 4) is 0 Å². The number of hydrogen-bond donors (Lipinski definition) is 1. The molecule has 0 fully saturated rings. The highest BCUT2D eigenvalue weighted by molar-refractivity contribution is 5.89. The van der Waals surface area contributed by atoms with Gasteiger partial charge in [0.2, 0.25) is 0 Å². The maximum Gasteiger partial charge on any atom is 0.335 e. The van der Waals surface area contributed by atoms with Gasteiger partial charge in [-0.3, -0.25) is 4.98 Å². The van der Waals surface area contributed by atoms with E-state index in [4.69, 9.17) is 5.11 Å². The van der Waals surface area contributed by atoms with Gasteiger partial charge < -0.3 is 10.0 Å². The number of aromatic carboxylic acids is 1. The van der Waals surface area contributed by atoms with Crippen LogP contribution in [0, 0.1) is 0 Å². The summed E-state index contributed by atoms with van der Waals surface area (Å²) in [7, 11) is 2.02. The third-order valence-corrected chi connectivity index (χ3v) is 3.19. The van der Waals surface area contributed by atoms with Gasteiger partial charge >= 0.3 is 5.97 Å². The van der Waals surface area contributed by atoms with Gasteiger partial charge in [0.25, 0.3) is 0 Å². The molecule has 0 unspecified atom stereocenters. The second-order valence-corrected chi connectivity index (χ2v) is 4.81. The number of nitrogens with zero attached hydrogens (tertiary/aromatic N) is 2. The third-order valence-electron chi connectivity index (χ3n) is 3.19. The number of pyridine rings is 1. The predicted octanol–water partition coefficient (Wildman–Crippen LogP) is 2.45. The molecule has 1 aromatic carbocycles. The molecule has 0 aliphatic heterocycles. The second kappa shape index (κ2) is 6.82. The van der Waals surface area contributed by atoms with Gasteiger partial charge in [-0.15, -0.1) is 0 Å². The average molecular weight is 270 g/mol. The molecule has 104 valence electrons. The fourth-order valence-electron chi connectivity index (χ4n) is 2.14. The predicted molar refractivity (Wildman–Crippen MR) is 77.7 cm³/mol. The minimum atomic E-state index is -0.865. The van der Waals surface area contributed by atoms with Crippen LogP contribution >= 0.6 is 0 Å². The molecule has 2 rings (SSSR count). The first-order valence-electron chi connectivity index (χ1n) is 6.55. The van der Waals surface area contributed by atoms with E-state index in [1.807, 2.05) is 37.5 Å². The molecule has 0 atom stereocenters. The topological polar surface area (TPSA) is 53.4 Å². The minimum Gasteiger partial charge on any atom is -0.478 e. The van der Waals surface area contributed by atoms with Crippen LogP contribution in [0.1, 0.15) is 21.5 Å². The second-order valence-electron chi connectivity index (χ2n) is 4.81. The molecule has 0 amide bonds. The van der Waals surface area contributed by atoms with Gasteiger partial charge in [-0.05, 0) is 36.7 Å². The smallest absolute Gasteiger partial charge is 0.335 e. The zero-order valence-corrected chi connectivity index (χ0v) is 11.5. The van der Waals surface area contributed by atoms with Gasteiger partial charge in [-0.1, -0.05) is 24.3 Å². The Balaban J connectivity index is 1.94. The van der Waals surface area contributed by atoms with Crippen LogP contribution in [0.4, 0.5) is 0 Å². The van der Waals surface area contributed by atoms with E-state index < -0.39 is 5.97 Å². The fourth-order valence-corrected chi connectivity index (χ4v) is 2.14. The van der Waals surface area contributed by atoms with Crippen molar-refractivity contribution < 1.29 is 9.90 Å². The summed E-state index contributed by atoms with van der Waals surface area (Å²) < 4.78 is 0. The summed E-state index contributed by atoms with van der Waals surface area (Å²) in [5.74, 6) is -0.865. The lowest BCUT2D eigenvalue weighted by atomic mass is 10.0. The molecule has 0 spiro atoms. The summed E-state index contributed by atoms with van der Waals surface area (Å²) in [5, 5.41) is 9.14. The van der Waals surface area contributed by atoms with E-state index in [9.17, 15) is 4.79 Å². The van der Waals surface area contributed by atoms with Crippen molar-refractivity contribution in [3.05, 3.63) is 65.5 Å². The first-order valence-corrected chi connectivity index (χ1v) is 6.55. The van der Waals surface area contributed by atoms with Crippen molar-refractivity contribution in [1.82, 2.24) is 9.88 Å². The quantitative estimate of drug-likeness (QED) is 0.876. The molecule has 4 heteroatoms. The Bertz CT molecular complexity index is 570. The molecule has 0 saturated heterocycles. The van der Waals surface area contributed by atoms with E-state index in [0.29, 0.717) is 5.56 Å². The SMILES string of the molecule is CN(CCc1ccccc1C(=O)O)Cc1cccnc1. The van der Waals surface area contributed by atoms with E-state index in [0.717, 1.165) is 30.6 Å². The summed E-state index contributed by atoms with van der Waals surface area (Å²) >= 11 is 0. The van der Waals surface area contributed by atoms with Crippen LogP contribution in [-0.2, 0) is 13.0 Å². The highest BCUT2D eigenvalue weighted by atomic mass is 16.4. The molecule has 0 aliphatic carbocycles. The number of rotatable bonds is 6. The Labute approximate surface area is 118 Å². The zero-order valence-electron chi connectivity index (χ0n) is 11.5. The summed E-state index contributed by atoms with van der Waals surface area (Å²) in [6.45, 7) is 1.61. The van der Waals surface area contributed by atoms with Crippen LogP contribution < -0.4 is 0 Å². The minimum absolute atomic E-state index is 0.391. The Kier molecular flexibility index (Phi) is 4.85. The maximum absolute atomic E-state index is 11.1. The number of carbonyl (C=O) groups is 1. The van der Waals surface area contributed by atoms with Crippen LogP contribution in [0.25, 0.3) is 0 Å². The van der Waals surface area contributed by atoms with Crippen LogP contribution in [0.3, 0.4) is 0 Å². The number of likely N-dealkylation sites (N-methyl/N-ethyl adjacent to an activating group) is 1. The Morgan fingerprint density at radius 2 is 2.05 bits per heavy atom. The van der Waals surface area contributed by atoms with E-state index in [1.165, 1.54) is 0 Å². The molecule has 0 aliphatic rings. The van der Waals surface area contributed by atoms with Crippen molar-refractivity contribution in [1.29, 1.82) is 0 Å². The molecule has 4 nitrogen and oxygen atoms in total. The van der Waals surface area contributed by atoms with Crippen LogP contribution in [0.15, 0.2) is 48.8 Å². The van der Waals surface area contributed by atoms with Crippen molar-refractivity contribution in [2.24, 2.45) is 0 Å². The largest absolute Gasteiger partial charge is 0.478 e. The fraction of sp³-hybridized carbons (Fsp3) is 0.250. The standard InChI is InChI=1S/C16H18N2O2/c1-18(12-13-5-4-9-17-11-13)10-8-14-6-2-3-7-15(14)16(19)20/h2-7,9,11H,8,10,12H2,1H3,(H,19,20). The van der Waals surface area contributed by atoms with Crippen LogP contribution in [0.2, 0.25) is 0 Å². The molecule has 20 heavy (non-hydrogen) atoms. The van der Waals surface area contributed by atoms with E-state index >= 15 is 0 Å². The van der Waals surface area contributed by atoms with E-state index in [2.05, 4.69) is 9.88 Å². The van der Waals surface area contributed by atoms with Crippen molar-refractivity contribution >= 4 is 5.97 Å². The summed E-state index contributed by atoms with van der Waals surface area (Å²) in [4.78, 5) is 17.4. The third kappa shape index (κ3) is 3.90. The van der Waals surface area contributed by atoms with Gasteiger partial charge in [-0.25, -0.2) is 4.79 Å². The van der Waals surface area contributed by atoms with Crippen LogP contribution in [0.5, 0.6) is 0 Å². The maximum atomic E-state index is 11.1. The van der Waals surface area contributed by atoms with Gasteiger partial charge in [0.15, 0.2) is 0 Å². The van der Waals surface area contributed by atoms with E-state index in [1.54, 1.807) is 18.3 Å². The van der Waals surface area contributed by atoms with Crippen LogP contribution in [-0.4, -0.2) is 34.6 Å². The Hall–Kier alpha value is -2.20. The lowest BCUT2D eigenvalue weighted by Crippen LogP contribution is -2.21. The van der Waals surface area contributed by atoms with Gasteiger partial charge in [-0.2, -0.15) is 0 Å². The monoisotopic (exact) mass is 270 g/mol. The number of hydrogen-bond acceptors (Lipinski definition) is 3. The number of aromatic nitrogens is 1. The van der Waals surface area contributed by atoms with E-state index in [-0.39, 0.29) is 0 Å². The van der Waals surface area contributed by atoms with Crippen molar-refractivity contribution in [3.63, 3.8) is 0 Å². The molecular formula is C16H18N2O2. The molecule has 1 heterocycles. The zero-order chi connectivity index (χ0) is 14.4. The first kappa shape index (κ1) is 14.2. The molecule has 1 N–H and O–H groups in total. The van der Waals surface area contributed by atoms with Gasteiger partial charge in [0.1, 0.15) is 0 Å². The average Bonchev–Trinajstić information content (AvgIpc) is 2.46. The molecule has 0 radical (unpaired) electrons. The molecular weight excluding hydrogens is 252 g/mol. The lowest BCUT2D eigenvalue weighted by Gasteiger charge is -2.17. The molecule has 1 aromatic heterocycles. The van der Waals surface area contributed by atoms with Crippen molar-refractivity contribution in [2.75, 3.05) is 13.6 Å². The molecule has 2 aromatic rings. The molecule has 0 saturated carbocycles. The first-order chi connectivity index (χ1) is 9.66. The summed E-state index contributed by atoms with van der Waals surface area (Å²) in [5.41, 5.74) is 2.42. The number of benzene rings is 1. The van der Waals surface area contributed by atoms with Crippen molar-refractivity contribution in [2.45, 2.75) is 13.0 Å². The normalized spacial score (nSPS) is 10.7. The lowest BCUT2D eigenvalue weighted by molar-refractivity contribution is 0.0695. The highest BCUT2D eigenvalue weighted by Gasteiger charge is 2.09.